The number of fused-ring (bicyclic) bond motifs is 2. The molecule has 134 valence electrons. The van der Waals surface area contributed by atoms with Crippen molar-refractivity contribution in [2.45, 2.75) is 45.5 Å². The van der Waals surface area contributed by atoms with Gasteiger partial charge in [-0.2, -0.15) is 0 Å². The van der Waals surface area contributed by atoms with Crippen LogP contribution < -0.4 is 4.74 Å². The van der Waals surface area contributed by atoms with Crippen LogP contribution in [0, 0.1) is 5.82 Å². The summed E-state index contributed by atoms with van der Waals surface area (Å²) in [5.74, 6) is 2.19. The van der Waals surface area contributed by atoms with Gasteiger partial charge in [0.2, 0.25) is 0 Å². The molecular weight excluding hydrogens is 330 g/mol. The average molecular weight is 352 g/mol. The van der Waals surface area contributed by atoms with Crippen LogP contribution in [-0.2, 0) is 15.9 Å². The third-order valence-corrected chi connectivity index (χ3v) is 5.50. The van der Waals surface area contributed by atoms with Gasteiger partial charge < -0.3 is 14.0 Å². The monoisotopic (exact) mass is 352 g/mol. The smallest absolute Gasteiger partial charge is 0.487 e. The van der Waals surface area contributed by atoms with Crippen LogP contribution in [0.1, 0.15) is 44.4 Å². The molecule has 26 heavy (non-hydrogen) atoms. The number of hydrogen-bond donors (Lipinski definition) is 0. The highest BCUT2D eigenvalue weighted by Crippen LogP contribution is 2.41. The van der Waals surface area contributed by atoms with Gasteiger partial charge in [0, 0.05) is 11.6 Å². The second-order valence-corrected chi connectivity index (χ2v) is 7.79. The second-order valence-electron chi connectivity index (χ2n) is 7.79. The molecule has 5 heteroatoms. The number of benzene rings is 2. The molecule has 0 bridgehead atoms. The number of hydrogen-bond acceptors (Lipinski definition) is 3. The summed E-state index contributed by atoms with van der Waals surface area (Å²) in [5.41, 5.74) is 3.04. The van der Waals surface area contributed by atoms with Crippen molar-refractivity contribution in [1.29, 1.82) is 0 Å². The molecule has 3 nitrogen and oxygen atoms in total. The first-order valence-corrected chi connectivity index (χ1v) is 8.85. The first-order chi connectivity index (χ1) is 12.3. The lowest BCUT2D eigenvalue weighted by atomic mass is 9.81. The first-order valence-electron chi connectivity index (χ1n) is 8.85. The Balaban J connectivity index is 1.85. The highest BCUT2D eigenvalue weighted by Gasteiger charge is 2.50. The minimum Gasteiger partial charge on any atom is -0.488 e. The molecule has 0 radical (unpaired) electrons. The van der Waals surface area contributed by atoms with Crippen LogP contribution in [0.3, 0.4) is 0 Å². The molecule has 0 aromatic heterocycles. The van der Waals surface area contributed by atoms with E-state index in [1.165, 1.54) is 12.1 Å². The fourth-order valence-electron chi connectivity index (χ4n) is 3.32. The Morgan fingerprint density at radius 2 is 1.65 bits per heavy atom. The molecule has 0 unspecified atom stereocenters. The topological polar surface area (TPSA) is 27.7 Å². The van der Waals surface area contributed by atoms with Gasteiger partial charge in [0.25, 0.3) is 0 Å². The molecule has 2 heterocycles. The van der Waals surface area contributed by atoms with E-state index >= 15 is 0 Å². The highest BCUT2D eigenvalue weighted by atomic mass is 19.1. The van der Waals surface area contributed by atoms with Crippen molar-refractivity contribution in [2.24, 2.45) is 0 Å². The quantitative estimate of drug-likeness (QED) is 0.692. The zero-order chi connectivity index (χ0) is 18.5. The third-order valence-electron chi connectivity index (χ3n) is 5.50. The molecule has 1 fully saturated rings. The Labute approximate surface area is 153 Å². The zero-order valence-electron chi connectivity index (χ0n) is 15.5. The van der Waals surface area contributed by atoms with Crippen LogP contribution >= 0.6 is 0 Å². The Morgan fingerprint density at radius 3 is 2.38 bits per heavy atom. The third kappa shape index (κ3) is 2.85. The van der Waals surface area contributed by atoms with Crippen LogP contribution in [0.4, 0.5) is 4.39 Å². The van der Waals surface area contributed by atoms with Crippen molar-refractivity contribution in [2.75, 3.05) is 0 Å². The lowest BCUT2D eigenvalue weighted by Crippen LogP contribution is -2.41. The van der Waals surface area contributed by atoms with Crippen molar-refractivity contribution in [3.8, 4) is 5.75 Å². The maximum Gasteiger partial charge on any atom is 0.487 e. The van der Waals surface area contributed by atoms with Crippen molar-refractivity contribution in [1.82, 2.24) is 0 Å². The molecule has 2 aliphatic heterocycles. The Morgan fingerprint density at radius 1 is 0.962 bits per heavy atom. The molecule has 0 amide bonds. The summed E-state index contributed by atoms with van der Waals surface area (Å²) in [6.45, 7) is 8.50. The molecule has 2 aliphatic rings. The molecule has 0 spiro atoms. The summed E-state index contributed by atoms with van der Waals surface area (Å²) in [6, 6.07) is 12.7. The van der Waals surface area contributed by atoms with E-state index in [9.17, 15) is 4.39 Å². The van der Waals surface area contributed by atoms with Crippen LogP contribution in [0.2, 0.25) is 0 Å². The van der Waals surface area contributed by atoms with E-state index in [2.05, 4.69) is 0 Å². The largest absolute Gasteiger partial charge is 0.488 e. The maximum atomic E-state index is 13.7. The highest BCUT2D eigenvalue weighted by molar-refractivity contribution is 6.53. The van der Waals surface area contributed by atoms with Crippen molar-refractivity contribution >= 4 is 12.7 Å². The van der Waals surface area contributed by atoms with E-state index in [-0.39, 0.29) is 5.82 Å². The molecule has 4 rings (SSSR count). The summed E-state index contributed by atoms with van der Waals surface area (Å²) in [6.07, 6.45) is 0. The van der Waals surface area contributed by atoms with E-state index < -0.39 is 18.3 Å². The molecule has 2 aromatic rings. The minimum atomic E-state index is -0.487. The maximum absolute atomic E-state index is 13.7. The molecule has 0 atom stereocenters. The van der Waals surface area contributed by atoms with Gasteiger partial charge in [-0.25, -0.2) is 4.39 Å². The van der Waals surface area contributed by atoms with Crippen LogP contribution in [0.5, 0.6) is 5.75 Å². The van der Waals surface area contributed by atoms with Crippen molar-refractivity contribution < 1.29 is 18.4 Å². The summed E-state index contributed by atoms with van der Waals surface area (Å²) >= 11 is 0. The summed E-state index contributed by atoms with van der Waals surface area (Å²) in [7, 11) is -0.487. The van der Waals surface area contributed by atoms with E-state index in [0.29, 0.717) is 12.4 Å². The van der Waals surface area contributed by atoms with Crippen LogP contribution in [0.25, 0.3) is 5.57 Å². The lowest BCUT2D eigenvalue weighted by molar-refractivity contribution is 0.00578. The molecule has 0 N–H and O–H groups in total. The van der Waals surface area contributed by atoms with E-state index in [4.69, 9.17) is 14.0 Å². The van der Waals surface area contributed by atoms with Gasteiger partial charge in [-0.15, -0.1) is 0 Å². The van der Waals surface area contributed by atoms with E-state index in [1.807, 2.05) is 57.9 Å². The predicted molar refractivity (Wildman–Crippen MR) is 100 cm³/mol. The van der Waals surface area contributed by atoms with Crippen molar-refractivity contribution in [3.63, 3.8) is 0 Å². The molecule has 0 saturated carbocycles. The van der Waals surface area contributed by atoms with E-state index in [0.717, 1.165) is 22.3 Å². The van der Waals surface area contributed by atoms with Gasteiger partial charge in [0.1, 0.15) is 18.2 Å². The van der Waals surface area contributed by atoms with Crippen molar-refractivity contribution in [3.05, 3.63) is 70.9 Å². The SMILES string of the molecule is CC1(C)OB(/C=C2\c3ccccc3COc3cc(F)ccc32)OC1(C)C. The van der Waals surface area contributed by atoms with E-state index in [1.54, 1.807) is 6.07 Å². The normalized spacial score (nSPS) is 21.7. The fraction of sp³-hybridized carbons (Fsp3) is 0.333. The predicted octanol–water partition coefficient (Wildman–Crippen LogP) is 4.78. The van der Waals surface area contributed by atoms with Gasteiger partial charge >= 0.3 is 7.12 Å². The molecule has 0 aliphatic carbocycles. The fourth-order valence-corrected chi connectivity index (χ4v) is 3.32. The van der Waals surface area contributed by atoms with Crippen LogP contribution in [0.15, 0.2) is 48.4 Å². The zero-order valence-corrected chi connectivity index (χ0v) is 15.5. The second kappa shape index (κ2) is 5.97. The Hall–Kier alpha value is -2.11. The summed E-state index contributed by atoms with van der Waals surface area (Å²) in [4.78, 5) is 0. The van der Waals surface area contributed by atoms with Gasteiger partial charge in [0.15, 0.2) is 0 Å². The first kappa shape index (κ1) is 17.3. The molecule has 2 aromatic carbocycles. The van der Waals surface area contributed by atoms with Gasteiger partial charge in [0.05, 0.1) is 11.2 Å². The summed E-state index contributed by atoms with van der Waals surface area (Å²) in [5, 5.41) is 0. The van der Waals surface area contributed by atoms with Crippen LogP contribution in [-0.4, -0.2) is 18.3 Å². The number of halogens is 1. The summed E-state index contributed by atoms with van der Waals surface area (Å²) < 4.78 is 31.9. The Bertz CT molecular complexity index is 873. The number of rotatable bonds is 1. The minimum absolute atomic E-state index is 0.315. The Kier molecular flexibility index (Phi) is 3.97. The standard InChI is InChI=1S/C21H22BFO3/c1-20(2)21(3,4)26-22(25-20)12-18-16-8-6-5-7-14(16)13-24-19-11-15(23)9-10-17(18)19/h5-12H,13H2,1-4H3/b18-12+. The van der Waals surface area contributed by atoms with Gasteiger partial charge in [-0.05, 0) is 62.5 Å². The number of ether oxygens (including phenoxy) is 1. The van der Waals surface area contributed by atoms with Gasteiger partial charge in [-0.1, -0.05) is 24.3 Å². The molecular formula is C21H22BFO3. The molecule has 1 saturated heterocycles. The average Bonchev–Trinajstić information content (AvgIpc) is 2.70. The van der Waals surface area contributed by atoms with Gasteiger partial charge in [-0.3, -0.25) is 0 Å². The lowest BCUT2D eigenvalue weighted by Gasteiger charge is -2.32.